The Morgan fingerprint density at radius 2 is 2.21 bits per heavy atom. The molecule has 1 heterocycles. The summed E-state index contributed by atoms with van der Waals surface area (Å²) in [7, 11) is 1.80. The summed E-state index contributed by atoms with van der Waals surface area (Å²) in [5.74, 6) is 0. The van der Waals surface area contributed by atoms with Crippen LogP contribution in [0.25, 0.3) is 0 Å². The lowest BCUT2D eigenvalue weighted by molar-refractivity contribution is -0.00515. The third-order valence-corrected chi connectivity index (χ3v) is 3.03. The van der Waals surface area contributed by atoms with E-state index in [2.05, 4.69) is 36.5 Å². The average Bonchev–Trinajstić information content (AvgIpc) is 2.59. The molecule has 0 bridgehead atoms. The van der Waals surface area contributed by atoms with E-state index in [-0.39, 0.29) is 5.60 Å². The first-order valence-electron chi connectivity index (χ1n) is 5.21. The van der Waals surface area contributed by atoms with Gasteiger partial charge in [-0.3, -0.25) is 0 Å². The van der Waals surface area contributed by atoms with Crippen molar-refractivity contribution in [1.29, 1.82) is 0 Å². The van der Waals surface area contributed by atoms with Gasteiger partial charge in [0.2, 0.25) is 0 Å². The summed E-state index contributed by atoms with van der Waals surface area (Å²) in [6.45, 7) is 3.10. The smallest absolute Gasteiger partial charge is 0.112 e. The molecule has 1 unspecified atom stereocenters. The number of para-hydroxylation sites is 1. The van der Waals surface area contributed by atoms with Crippen molar-refractivity contribution in [2.45, 2.75) is 25.4 Å². The quantitative estimate of drug-likeness (QED) is 0.793. The SMILES string of the molecule is CCCC1(OC)CNc2ccccc21. The number of methoxy groups -OCH3 is 1. The first-order valence-corrected chi connectivity index (χ1v) is 5.21. The summed E-state index contributed by atoms with van der Waals surface area (Å²) >= 11 is 0. The van der Waals surface area contributed by atoms with Crippen LogP contribution in [0.5, 0.6) is 0 Å². The largest absolute Gasteiger partial charge is 0.381 e. The first kappa shape index (κ1) is 9.53. The monoisotopic (exact) mass is 191 g/mol. The highest BCUT2D eigenvalue weighted by molar-refractivity contribution is 5.59. The Bertz CT molecular complexity index is 320. The number of ether oxygens (including phenoxy) is 1. The van der Waals surface area contributed by atoms with Crippen molar-refractivity contribution in [2.24, 2.45) is 0 Å². The van der Waals surface area contributed by atoms with Gasteiger partial charge in [-0.2, -0.15) is 0 Å². The Hall–Kier alpha value is -1.02. The summed E-state index contributed by atoms with van der Waals surface area (Å²) in [5.41, 5.74) is 2.44. The molecule has 0 fully saturated rings. The summed E-state index contributed by atoms with van der Waals surface area (Å²) in [4.78, 5) is 0. The third-order valence-electron chi connectivity index (χ3n) is 3.03. The Morgan fingerprint density at radius 1 is 1.43 bits per heavy atom. The fraction of sp³-hybridized carbons (Fsp3) is 0.500. The van der Waals surface area contributed by atoms with Gasteiger partial charge >= 0.3 is 0 Å². The number of anilines is 1. The van der Waals surface area contributed by atoms with E-state index < -0.39 is 0 Å². The lowest BCUT2D eigenvalue weighted by atomic mass is 9.91. The number of fused-ring (bicyclic) bond motifs is 1. The third kappa shape index (κ3) is 1.30. The second-order valence-electron chi connectivity index (χ2n) is 3.85. The molecule has 1 aromatic rings. The van der Waals surface area contributed by atoms with Gasteiger partial charge in [-0.1, -0.05) is 31.5 Å². The van der Waals surface area contributed by atoms with Crippen molar-refractivity contribution in [2.75, 3.05) is 19.0 Å². The minimum Gasteiger partial charge on any atom is -0.381 e. The first-order chi connectivity index (χ1) is 6.82. The number of hydrogen-bond acceptors (Lipinski definition) is 2. The second-order valence-corrected chi connectivity index (χ2v) is 3.85. The van der Waals surface area contributed by atoms with Gasteiger partial charge in [-0.25, -0.2) is 0 Å². The van der Waals surface area contributed by atoms with Crippen LogP contribution in [-0.4, -0.2) is 13.7 Å². The van der Waals surface area contributed by atoms with Gasteiger partial charge in [0.15, 0.2) is 0 Å². The molecule has 1 aliphatic heterocycles. The van der Waals surface area contributed by atoms with Crippen LogP contribution in [0.2, 0.25) is 0 Å². The van der Waals surface area contributed by atoms with Crippen LogP contribution >= 0.6 is 0 Å². The topological polar surface area (TPSA) is 21.3 Å². The number of hydrogen-bond donors (Lipinski definition) is 1. The Morgan fingerprint density at radius 3 is 2.93 bits per heavy atom. The maximum absolute atomic E-state index is 5.70. The van der Waals surface area contributed by atoms with E-state index in [1.165, 1.54) is 11.3 Å². The summed E-state index contributed by atoms with van der Waals surface area (Å²) in [6, 6.07) is 8.42. The molecular formula is C12H17NO. The zero-order valence-corrected chi connectivity index (χ0v) is 8.84. The van der Waals surface area contributed by atoms with E-state index in [1.54, 1.807) is 7.11 Å². The molecule has 0 aliphatic carbocycles. The van der Waals surface area contributed by atoms with Crippen molar-refractivity contribution >= 4 is 5.69 Å². The van der Waals surface area contributed by atoms with Crippen LogP contribution in [0.15, 0.2) is 24.3 Å². The zero-order valence-electron chi connectivity index (χ0n) is 8.84. The van der Waals surface area contributed by atoms with Gasteiger partial charge in [0, 0.05) is 24.9 Å². The molecule has 1 aliphatic rings. The molecule has 76 valence electrons. The highest BCUT2D eigenvalue weighted by Crippen LogP contribution is 2.40. The average molecular weight is 191 g/mol. The minimum atomic E-state index is -0.0919. The van der Waals surface area contributed by atoms with Gasteiger partial charge in [0.1, 0.15) is 5.60 Å². The summed E-state index contributed by atoms with van der Waals surface area (Å²) in [6.07, 6.45) is 2.22. The van der Waals surface area contributed by atoms with Crippen LogP contribution in [0.4, 0.5) is 5.69 Å². The van der Waals surface area contributed by atoms with Gasteiger partial charge in [0.05, 0.1) is 0 Å². The number of benzene rings is 1. The molecule has 1 N–H and O–H groups in total. The predicted octanol–water partition coefficient (Wildman–Crippen LogP) is 2.75. The molecule has 14 heavy (non-hydrogen) atoms. The number of rotatable bonds is 3. The van der Waals surface area contributed by atoms with Gasteiger partial charge < -0.3 is 10.1 Å². The highest BCUT2D eigenvalue weighted by atomic mass is 16.5. The van der Waals surface area contributed by atoms with Crippen molar-refractivity contribution in [3.8, 4) is 0 Å². The van der Waals surface area contributed by atoms with Crippen molar-refractivity contribution in [1.82, 2.24) is 0 Å². The van der Waals surface area contributed by atoms with Gasteiger partial charge in [-0.15, -0.1) is 0 Å². The van der Waals surface area contributed by atoms with Crippen LogP contribution in [0.1, 0.15) is 25.3 Å². The van der Waals surface area contributed by atoms with Crippen molar-refractivity contribution in [3.63, 3.8) is 0 Å². The second kappa shape index (κ2) is 3.62. The van der Waals surface area contributed by atoms with Crippen LogP contribution in [0, 0.1) is 0 Å². The zero-order chi connectivity index (χ0) is 10.0. The molecule has 0 amide bonds. The molecule has 2 nitrogen and oxygen atoms in total. The van der Waals surface area contributed by atoms with Crippen molar-refractivity contribution < 1.29 is 4.74 Å². The predicted molar refractivity (Wildman–Crippen MR) is 58.5 cm³/mol. The van der Waals surface area contributed by atoms with E-state index in [0.29, 0.717) is 0 Å². The van der Waals surface area contributed by atoms with Crippen LogP contribution in [-0.2, 0) is 10.3 Å². The van der Waals surface area contributed by atoms with E-state index in [9.17, 15) is 0 Å². The Kier molecular flexibility index (Phi) is 2.46. The molecule has 0 saturated carbocycles. The van der Waals surface area contributed by atoms with E-state index >= 15 is 0 Å². The molecule has 1 aromatic carbocycles. The Labute approximate surface area is 85.3 Å². The molecule has 1 atom stereocenters. The fourth-order valence-electron chi connectivity index (χ4n) is 2.28. The van der Waals surface area contributed by atoms with E-state index in [1.807, 2.05) is 0 Å². The molecule has 2 heteroatoms. The standard InChI is InChI=1S/C12H17NO/c1-3-8-12(14-2)9-13-11-7-5-4-6-10(11)12/h4-7,13H,3,8-9H2,1-2H3. The lowest BCUT2D eigenvalue weighted by Gasteiger charge is -2.27. The molecule has 0 spiro atoms. The highest BCUT2D eigenvalue weighted by Gasteiger charge is 2.37. The Balaban J connectivity index is 2.39. The molecule has 0 radical (unpaired) electrons. The fourth-order valence-corrected chi connectivity index (χ4v) is 2.28. The summed E-state index contributed by atoms with van der Waals surface area (Å²) < 4.78 is 5.70. The van der Waals surface area contributed by atoms with Crippen molar-refractivity contribution in [3.05, 3.63) is 29.8 Å². The lowest BCUT2D eigenvalue weighted by Crippen LogP contribution is -2.30. The number of nitrogens with one attached hydrogen (secondary N) is 1. The van der Waals surface area contributed by atoms with E-state index in [0.717, 1.165) is 19.4 Å². The minimum absolute atomic E-state index is 0.0919. The van der Waals surface area contributed by atoms with Crippen LogP contribution < -0.4 is 5.32 Å². The van der Waals surface area contributed by atoms with E-state index in [4.69, 9.17) is 4.74 Å². The molecule has 2 rings (SSSR count). The summed E-state index contributed by atoms with van der Waals surface area (Å²) in [5, 5.41) is 3.40. The molecule has 0 aromatic heterocycles. The van der Waals surface area contributed by atoms with Gasteiger partial charge in [-0.05, 0) is 12.5 Å². The normalized spacial score (nSPS) is 24.4. The maximum Gasteiger partial charge on any atom is 0.112 e. The molecular weight excluding hydrogens is 174 g/mol. The molecule has 0 saturated heterocycles. The van der Waals surface area contributed by atoms with Crippen LogP contribution in [0.3, 0.4) is 0 Å². The van der Waals surface area contributed by atoms with Gasteiger partial charge in [0.25, 0.3) is 0 Å². The maximum atomic E-state index is 5.70.